The molecule has 0 spiro atoms. The Morgan fingerprint density at radius 2 is 2.33 bits per heavy atom. The lowest BCUT2D eigenvalue weighted by molar-refractivity contribution is 0.0933. The maximum absolute atomic E-state index is 11.8. The number of aliphatic hydroxyl groups excluding tert-OH is 1. The molecule has 0 aromatic carbocycles. The van der Waals surface area contributed by atoms with Crippen LogP contribution in [0.15, 0.2) is 18.3 Å². The number of nitrogens with zero attached hydrogens (tertiary/aromatic N) is 1. The van der Waals surface area contributed by atoms with Gasteiger partial charge in [0.05, 0.1) is 0 Å². The number of hydrogen-bond donors (Lipinski definition) is 2. The minimum absolute atomic E-state index is 0.151. The summed E-state index contributed by atoms with van der Waals surface area (Å²) in [5, 5.41) is 11.4. The van der Waals surface area contributed by atoms with E-state index < -0.39 is 0 Å². The average molecular weight is 246 g/mol. The summed E-state index contributed by atoms with van der Waals surface area (Å²) in [5.41, 5.74) is 1.06. The fourth-order valence-electron chi connectivity index (χ4n) is 1.55. The molecule has 4 heteroatoms. The standard InChI is InChI=1S/C14H18N2O2/c1-3-5-11(2)16-14(18)13-8-7-12(10-15-13)6-4-9-17/h7-8,10-11,17H,3,5,9H2,1-2H3,(H,16,18). The van der Waals surface area contributed by atoms with Gasteiger partial charge in [-0.25, -0.2) is 4.98 Å². The van der Waals surface area contributed by atoms with Crippen LogP contribution in [0, 0.1) is 11.8 Å². The lowest BCUT2D eigenvalue weighted by Gasteiger charge is -2.11. The first-order valence-corrected chi connectivity index (χ1v) is 6.04. The van der Waals surface area contributed by atoms with Gasteiger partial charge in [-0.3, -0.25) is 4.79 Å². The van der Waals surface area contributed by atoms with Gasteiger partial charge < -0.3 is 10.4 Å². The summed E-state index contributed by atoms with van der Waals surface area (Å²) in [6.07, 6.45) is 3.51. The number of hydrogen-bond acceptors (Lipinski definition) is 3. The molecule has 4 nitrogen and oxygen atoms in total. The van der Waals surface area contributed by atoms with Gasteiger partial charge in [0.1, 0.15) is 12.3 Å². The van der Waals surface area contributed by atoms with Gasteiger partial charge in [-0.05, 0) is 25.5 Å². The molecule has 1 rings (SSSR count). The number of aliphatic hydroxyl groups is 1. The number of pyridine rings is 1. The maximum atomic E-state index is 11.8. The normalized spacial score (nSPS) is 11.3. The van der Waals surface area contributed by atoms with Crippen molar-refractivity contribution in [2.24, 2.45) is 0 Å². The van der Waals surface area contributed by atoms with Crippen molar-refractivity contribution >= 4 is 5.91 Å². The summed E-state index contributed by atoms with van der Waals surface area (Å²) in [7, 11) is 0. The first-order chi connectivity index (χ1) is 8.67. The Balaban J connectivity index is 2.64. The van der Waals surface area contributed by atoms with E-state index in [0.29, 0.717) is 11.3 Å². The minimum atomic E-state index is -0.184. The van der Waals surface area contributed by atoms with Crippen molar-refractivity contribution in [3.8, 4) is 11.8 Å². The Morgan fingerprint density at radius 3 is 2.89 bits per heavy atom. The Morgan fingerprint density at radius 1 is 1.56 bits per heavy atom. The molecule has 0 fully saturated rings. The molecule has 1 heterocycles. The quantitative estimate of drug-likeness (QED) is 0.788. The molecule has 1 aromatic rings. The third-order valence-corrected chi connectivity index (χ3v) is 2.41. The second-order valence-electron chi connectivity index (χ2n) is 4.06. The molecule has 96 valence electrons. The molecule has 0 saturated heterocycles. The Hall–Kier alpha value is -1.86. The Bertz CT molecular complexity index is 443. The smallest absolute Gasteiger partial charge is 0.270 e. The van der Waals surface area contributed by atoms with Crippen LogP contribution in [0.3, 0.4) is 0 Å². The van der Waals surface area contributed by atoms with Gasteiger partial charge in [-0.15, -0.1) is 0 Å². The molecule has 18 heavy (non-hydrogen) atoms. The molecule has 0 saturated carbocycles. The van der Waals surface area contributed by atoms with Gasteiger partial charge in [-0.1, -0.05) is 25.2 Å². The molecule has 0 aliphatic rings. The first kappa shape index (κ1) is 14.2. The number of rotatable bonds is 4. The van der Waals surface area contributed by atoms with Crippen molar-refractivity contribution in [2.45, 2.75) is 32.7 Å². The fourth-order valence-corrected chi connectivity index (χ4v) is 1.55. The zero-order valence-electron chi connectivity index (χ0n) is 10.7. The maximum Gasteiger partial charge on any atom is 0.270 e. The summed E-state index contributed by atoms with van der Waals surface area (Å²) in [6, 6.07) is 3.50. The number of carbonyl (C=O) groups is 1. The van der Waals surface area contributed by atoms with Gasteiger partial charge in [0.2, 0.25) is 0 Å². The van der Waals surface area contributed by atoms with Crippen molar-refractivity contribution in [3.05, 3.63) is 29.6 Å². The Labute approximate surface area is 107 Å². The molecule has 1 amide bonds. The van der Waals surface area contributed by atoms with E-state index in [9.17, 15) is 4.79 Å². The van der Waals surface area contributed by atoms with E-state index in [2.05, 4.69) is 29.1 Å². The van der Waals surface area contributed by atoms with Crippen LogP contribution in [0.25, 0.3) is 0 Å². The lowest BCUT2D eigenvalue weighted by Crippen LogP contribution is -2.32. The highest BCUT2D eigenvalue weighted by atomic mass is 16.2. The molecule has 1 aromatic heterocycles. The zero-order valence-corrected chi connectivity index (χ0v) is 10.7. The molecule has 0 aliphatic carbocycles. The molecule has 2 N–H and O–H groups in total. The van der Waals surface area contributed by atoms with Crippen LogP contribution in [0.4, 0.5) is 0 Å². The van der Waals surface area contributed by atoms with E-state index in [1.807, 2.05) is 6.92 Å². The van der Waals surface area contributed by atoms with Crippen LogP contribution in [0.1, 0.15) is 42.7 Å². The molecular weight excluding hydrogens is 228 g/mol. The van der Waals surface area contributed by atoms with Crippen LogP contribution in [0.2, 0.25) is 0 Å². The molecule has 0 aliphatic heterocycles. The summed E-state index contributed by atoms with van der Waals surface area (Å²) in [6.45, 7) is 3.87. The van der Waals surface area contributed by atoms with Crippen molar-refractivity contribution in [2.75, 3.05) is 6.61 Å². The number of carbonyl (C=O) groups excluding carboxylic acids is 1. The second-order valence-corrected chi connectivity index (χ2v) is 4.06. The summed E-state index contributed by atoms with van der Waals surface area (Å²) in [5.74, 6) is 5.09. The largest absolute Gasteiger partial charge is 0.384 e. The number of amides is 1. The summed E-state index contributed by atoms with van der Waals surface area (Å²) >= 11 is 0. The summed E-state index contributed by atoms with van der Waals surface area (Å²) in [4.78, 5) is 15.9. The van der Waals surface area contributed by atoms with Crippen LogP contribution in [-0.4, -0.2) is 28.6 Å². The average Bonchev–Trinajstić information content (AvgIpc) is 2.37. The molecule has 1 unspecified atom stereocenters. The van der Waals surface area contributed by atoms with Gasteiger partial charge in [0, 0.05) is 17.8 Å². The highest BCUT2D eigenvalue weighted by Crippen LogP contribution is 2.01. The molecule has 0 bridgehead atoms. The molecular formula is C14H18N2O2. The summed E-state index contributed by atoms with van der Waals surface area (Å²) < 4.78 is 0. The highest BCUT2D eigenvalue weighted by Gasteiger charge is 2.09. The van der Waals surface area contributed by atoms with E-state index >= 15 is 0 Å². The molecule has 1 atom stereocenters. The molecule has 0 radical (unpaired) electrons. The monoisotopic (exact) mass is 246 g/mol. The van der Waals surface area contributed by atoms with Crippen LogP contribution in [-0.2, 0) is 0 Å². The van der Waals surface area contributed by atoms with E-state index in [4.69, 9.17) is 5.11 Å². The predicted octanol–water partition coefficient (Wildman–Crippen LogP) is 1.34. The third kappa shape index (κ3) is 4.56. The van der Waals surface area contributed by atoms with Gasteiger partial charge in [-0.2, -0.15) is 0 Å². The number of aromatic nitrogens is 1. The van der Waals surface area contributed by atoms with Crippen LogP contribution in [0.5, 0.6) is 0 Å². The van der Waals surface area contributed by atoms with E-state index in [0.717, 1.165) is 12.8 Å². The second kappa shape index (κ2) is 7.46. The van der Waals surface area contributed by atoms with Gasteiger partial charge in [0.15, 0.2) is 0 Å². The van der Waals surface area contributed by atoms with Crippen LogP contribution >= 0.6 is 0 Å². The van der Waals surface area contributed by atoms with E-state index in [1.165, 1.54) is 6.20 Å². The van der Waals surface area contributed by atoms with Gasteiger partial charge >= 0.3 is 0 Å². The third-order valence-electron chi connectivity index (χ3n) is 2.41. The van der Waals surface area contributed by atoms with Crippen molar-refractivity contribution < 1.29 is 9.90 Å². The van der Waals surface area contributed by atoms with Crippen LogP contribution < -0.4 is 5.32 Å². The van der Waals surface area contributed by atoms with Gasteiger partial charge in [0.25, 0.3) is 5.91 Å². The number of nitrogens with one attached hydrogen (secondary N) is 1. The highest BCUT2D eigenvalue weighted by molar-refractivity contribution is 5.92. The fraction of sp³-hybridized carbons (Fsp3) is 0.429. The van der Waals surface area contributed by atoms with Crippen molar-refractivity contribution in [1.82, 2.24) is 10.3 Å². The minimum Gasteiger partial charge on any atom is -0.384 e. The first-order valence-electron chi connectivity index (χ1n) is 6.04. The zero-order chi connectivity index (χ0) is 13.4. The predicted molar refractivity (Wildman–Crippen MR) is 70.0 cm³/mol. The van der Waals surface area contributed by atoms with Crippen molar-refractivity contribution in [3.63, 3.8) is 0 Å². The van der Waals surface area contributed by atoms with E-state index in [-0.39, 0.29) is 18.6 Å². The SMILES string of the molecule is CCCC(C)NC(=O)c1ccc(C#CCO)cn1. The Kier molecular flexibility index (Phi) is 5.89. The lowest BCUT2D eigenvalue weighted by atomic mass is 10.2. The van der Waals surface area contributed by atoms with Crippen molar-refractivity contribution in [1.29, 1.82) is 0 Å². The van der Waals surface area contributed by atoms with E-state index in [1.54, 1.807) is 12.1 Å². The topological polar surface area (TPSA) is 62.2 Å².